The molecule has 1 aliphatic rings. The molecule has 5 heteroatoms. The van der Waals surface area contributed by atoms with Gasteiger partial charge < -0.3 is 15.0 Å². The van der Waals surface area contributed by atoms with Gasteiger partial charge in [0.2, 0.25) is 0 Å². The van der Waals surface area contributed by atoms with E-state index in [9.17, 15) is 0 Å². The number of nitrogen functional groups attached to an aromatic ring is 1. The molecule has 20 heavy (non-hydrogen) atoms. The van der Waals surface area contributed by atoms with E-state index >= 15 is 0 Å². The summed E-state index contributed by atoms with van der Waals surface area (Å²) >= 11 is 0. The molecule has 2 N–H and O–H groups in total. The third-order valence-electron chi connectivity index (χ3n) is 4.03. The average Bonchev–Trinajstić information content (AvgIpc) is 2.46. The Labute approximate surface area is 122 Å². The van der Waals surface area contributed by atoms with Crippen LogP contribution in [0.4, 0.5) is 5.69 Å². The van der Waals surface area contributed by atoms with Gasteiger partial charge in [0.05, 0.1) is 16.8 Å². The zero-order valence-corrected chi connectivity index (χ0v) is 13.4. The third kappa shape index (κ3) is 2.99. The van der Waals surface area contributed by atoms with Crippen LogP contribution in [0.25, 0.3) is 0 Å². The molecule has 0 unspecified atom stereocenters. The van der Waals surface area contributed by atoms with Gasteiger partial charge in [-0.3, -0.25) is 4.98 Å². The van der Waals surface area contributed by atoms with Crippen molar-refractivity contribution < 1.29 is 9.31 Å². The van der Waals surface area contributed by atoms with E-state index in [-0.39, 0.29) is 11.2 Å². The molecule has 2 rings (SSSR count). The van der Waals surface area contributed by atoms with Crippen molar-refractivity contribution in [1.82, 2.24) is 4.98 Å². The Bertz CT molecular complexity index is 485. The highest BCUT2D eigenvalue weighted by molar-refractivity contribution is 6.61. The fraction of sp³-hybridized carbons (Fsp3) is 0.667. The Hall–Kier alpha value is -1.07. The molecule has 0 saturated carbocycles. The van der Waals surface area contributed by atoms with Gasteiger partial charge in [0, 0.05) is 11.4 Å². The van der Waals surface area contributed by atoms with Crippen LogP contribution in [0, 0.1) is 5.92 Å². The Balaban J connectivity index is 2.28. The SMILES string of the molecule is CC(C)Cc1cc(N)cc(B2OC(C)(C)C(C)(C)O2)n1. The minimum Gasteiger partial charge on any atom is -0.399 e. The molecule has 1 aromatic rings. The van der Waals surface area contributed by atoms with Gasteiger partial charge >= 0.3 is 7.12 Å². The van der Waals surface area contributed by atoms with Crippen LogP contribution in [0.5, 0.6) is 0 Å². The van der Waals surface area contributed by atoms with Crippen molar-refractivity contribution in [1.29, 1.82) is 0 Å². The van der Waals surface area contributed by atoms with Gasteiger partial charge in [0.1, 0.15) is 0 Å². The molecule has 1 aliphatic heterocycles. The van der Waals surface area contributed by atoms with Crippen LogP contribution in [0.3, 0.4) is 0 Å². The number of hydrogen-bond donors (Lipinski definition) is 1. The lowest BCUT2D eigenvalue weighted by atomic mass is 9.83. The van der Waals surface area contributed by atoms with Gasteiger partial charge in [-0.15, -0.1) is 0 Å². The van der Waals surface area contributed by atoms with Crippen molar-refractivity contribution in [3.63, 3.8) is 0 Å². The summed E-state index contributed by atoms with van der Waals surface area (Å²) in [5.74, 6) is 0.537. The van der Waals surface area contributed by atoms with E-state index in [0.29, 0.717) is 11.6 Å². The molecule has 0 aromatic carbocycles. The minimum absolute atomic E-state index is 0.359. The highest BCUT2D eigenvalue weighted by atomic mass is 16.7. The average molecular weight is 276 g/mol. The topological polar surface area (TPSA) is 57.4 Å². The first-order valence-electron chi connectivity index (χ1n) is 7.23. The Morgan fingerprint density at radius 1 is 1.15 bits per heavy atom. The molecule has 0 radical (unpaired) electrons. The fourth-order valence-electron chi connectivity index (χ4n) is 2.24. The van der Waals surface area contributed by atoms with Crippen LogP contribution in [0.2, 0.25) is 0 Å². The van der Waals surface area contributed by atoms with E-state index in [1.807, 2.05) is 39.8 Å². The molecule has 0 atom stereocenters. The van der Waals surface area contributed by atoms with E-state index in [0.717, 1.165) is 17.7 Å². The third-order valence-corrected chi connectivity index (χ3v) is 4.03. The summed E-state index contributed by atoms with van der Waals surface area (Å²) in [4.78, 5) is 4.66. The molecule has 110 valence electrons. The van der Waals surface area contributed by atoms with Crippen molar-refractivity contribution in [3.05, 3.63) is 17.8 Å². The zero-order chi connectivity index (χ0) is 15.1. The second-order valence-corrected chi connectivity index (χ2v) is 7.00. The smallest absolute Gasteiger partial charge is 0.399 e. The van der Waals surface area contributed by atoms with Gasteiger partial charge in [-0.2, -0.15) is 0 Å². The van der Waals surface area contributed by atoms with Gasteiger partial charge in [0.15, 0.2) is 0 Å². The predicted molar refractivity (Wildman–Crippen MR) is 82.9 cm³/mol. The first kappa shape index (κ1) is 15.3. The van der Waals surface area contributed by atoms with E-state index in [4.69, 9.17) is 15.0 Å². The van der Waals surface area contributed by atoms with Crippen LogP contribution in [0.1, 0.15) is 47.2 Å². The van der Waals surface area contributed by atoms with Crippen LogP contribution in [-0.4, -0.2) is 23.3 Å². The van der Waals surface area contributed by atoms with E-state index in [2.05, 4.69) is 18.8 Å². The lowest BCUT2D eigenvalue weighted by molar-refractivity contribution is 0.00578. The summed E-state index contributed by atoms with van der Waals surface area (Å²) in [5.41, 5.74) is 7.73. The Kier molecular flexibility index (Phi) is 3.86. The number of anilines is 1. The second kappa shape index (κ2) is 5.04. The molecule has 4 nitrogen and oxygen atoms in total. The zero-order valence-electron chi connectivity index (χ0n) is 13.4. The summed E-state index contributed by atoms with van der Waals surface area (Å²) in [7, 11) is -0.450. The second-order valence-electron chi connectivity index (χ2n) is 7.00. The number of hydrogen-bond acceptors (Lipinski definition) is 4. The van der Waals surface area contributed by atoms with Crippen LogP contribution >= 0.6 is 0 Å². The molecule has 0 spiro atoms. The highest BCUT2D eigenvalue weighted by Gasteiger charge is 2.52. The van der Waals surface area contributed by atoms with Crippen molar-refractivity contribution in [2.45, 2.75) is 59.2 Å². The monoisotopic (exact) mass is 276 g/mol. The highest BCUT2D eigenvalue weighted by Crippen LogP contribution is 2.36. The van der Waals surface area contributed by atoms with E-state index in [1.54, 1.807) is 0 Å². The standard InChI is InChI=1S/C15H25BN2O2/c1-10(2)7-12-8-11(17)9-13(18-12)16-19-14(3,4)15(5,6)20-16/h8-10H,7H2,1-6H3,(H2,17,18). The molecule has 0 bridgehead atoms. The Morgan fingerprint density at radius 2 is 1.70 bits per heavy atom. The van der Waals surface area contributed by atoms with Gasteiger partial charge in [-0.05, 0) is 52.2 Å². The first-order chi connectivity index (χ1) is 9.10. The van der Waals surface area contributed by atoms with Crippen molar-refractivity contribution in [2.24, 2.45) is 5.92 Å². The number of aromatic nitrogens is 1. The number of rotatable bonds is 3. The van der Waals surface area contributed by atoms with Gasteiger partial charge in [-0.1, -0.05) is 13.8 Å². The predicted octanol–water partition coefficient (Wildman–Crippen LogP) is 2.16. The number of nitrogens with zero attached hydrogens (tertiary/aromatic N) is 1. The molecule has 2 heterocycles. The molecule has 1 saturated heterocycles. The van der Waals surface area contributed by atoms with Crippen molar-refractivity contribution in [2.75, 3.05) is 5.73 Å². The quantitative estimate of drug-likeness (QED) is 0.859. The maximum Gasteiger partial charge on any atom is 0.514 e. The maximum atomic E-state index is 6.02. The number of pyridine rings is 1. The number of nitrogens with two attached hydrogens (primary N) is 1. The van der Waals surface area contributed by atoms with Crippen LogP contribution < -0.4 is 11.3 Å². The van der Waals surface area contributed by atoms with E-state index in [1.165, 1.54) is 0 Å². The minimum atomic E-state index is -0.450. The summed E-state index contributed by atoms with van der Waals surface area (Å²) in [6.07, 6.45) is 0.900. The maximum absolute atomic E-state index is 6.02. The molecule has 1 aromatic heterocycles. The molecule has 0 amide bonds. The van der Waals surface area contributed by atoms with Crippen molar-refractivity contribution >= 4 is 18.4 Å². The molecule has 0 aliphatic carbocycles. The van der Waals surface area contributed by atoms with E-state index < -0.39 is 7.12 Å². The first-order valence-corrected chi connectivity index (χ1v) is 7.23. The Morgan fingerprint density at radius 3 is 2.20 bits per heavy atom. The van der Waals surface area contributed by atoms with Crippen LogP contribution in [-0.2, 0) is 15.7 Å². The lowest BCUT2D eigenvalue weighted by Gasteiger charge is -2.32. The summed E-state index contributed by atoms with van der Waals surface area (Å²) in [6.45, 7) is 12.5. The fourth-order valence-corrected chi connectivity index (χ4v) is 2.24. The molecule has 1 fully saturated rings. The normalized spacial score (nSPS) is 20.6. The molecular weight excluding hydrogens is 251 g/mol. The summed E-state index contributed by atoms with van der Waals surface area (Å²) in [6, 6.07) is 3.76. The summed E-state index contributed by atoms with van der Waals surface area (Å²) in [5, 5.41) is 0. The van der Waals surface area contributed by atoms with Gasteiger partial charge in [-0.25, -0.2) is 0 Å². The lowest BCUT2D eigenvalue weighted by Crippen LogP contribution is -2.41. The molecular formula is C15H25BN2O2. The van der Waals surface area contributed by atoms with Crippen LogP contribution in [0.15, 0.2) is 12.1 Å². The summed E-state index contributed by atoms with van der Waals surface area (Å²) < 4.78 is 12.0. The van der Waals surface area contributed by atoms with Crippen molar-refractivity contribution in [3.8, 4) is 0 Å². The van der Waals surface area contributed by atoms with Gasteiger partial charge in [0.25, 0.3) is 0 Å². The largest absolute Gasteiger partial charge is 0.514 e.